The molecule has 2 N–H and O–H groups in total. The van der Waals surface area contributed by atoms with Crippen molar-refractivity contribution in [1.82, 2.24) is 9.55 Å². The Morgan fingerprint density at radius 2 is 2.06 bits per heavy atom. The van der Waals surface area contributed by atoms with Crippen LogP contribution in [0.2, 0.25) is 5.02 Å². The number of nitrogen functional groups attached to an aromatic ring is 1. The van der Waals surface area contributed by atoms with Crippen LogP contribution in [-0.4, -0.2) is 9.55 Å². The summed E-state index contributed by atoms with van der Waals surface area (Å²) in [5.41, 5.74) is 9.42. The number of nitrogens with two attached hydrogens (primary N) is 1. The van der Waals surface area contributed by atoms with Crippen molar-refractivity contribution >= 4 is 28.2 Å². The summed E-state index contributed by atoms with van der Waals surface area (Å²) in [5, 5.41) is 1.83. The number of hydrogen-bond acceptors (Lipinski definition) is 2. The van der Waals surface area contributed by atoms with Crippen molar-refractivity contribution in [2.75, 3.05) is 5.73 Å². The highest BCUT2D eigenvalue weighted by Gasteiger charge is 2.09. The molecule has 90 valence electrons. The molecule has 0 unspecified atom stereocenters. The van der Waals surface area contributed by atoms with E-state index >= 15 is 0 Å². The SMILES string of the molecule is Cn1cc(-c2ccc(N)cn2)c2cc(Cl)ccc21. The second-order valence-corrected chi connectivity index (χ2v) is 4.73. The van der Waals surface area contributed by atoms with Gasteiger partial charge in [0, 0.05) is 34.7 Å². The van der Waals surface area contributed by atoms with Crippen LogP contribution in [0, 0.1) is 0 Å². The summed E-state index contributed by atoms with van der Waals surface area (Å²) >= 11 is 6.06. The van der Waals surface area contributed by atoms with E-state index in [1.54, 1.807) is 6.20 Å². The lowest BCUT2D eigenvalue weighted by molar-refractivity contribution is 0.969. The minimum atomic E-state index is 0.664. The number of hydrogen-bond donors (Lipinski definition) is 1. The Bertz CT molecular complexity index is 714. The lowest BCUT2D eigenvalue weighted by Crippen LogP contribution is -1.87. The molecule has 4 heteroatoms. The molecular formula is C14H12ClN3. The van der Waals surface area contributed by atoms with Crippen molar-refractivity contribution in [2.45, 2.75) is 0 Å². The molecule has 3 aromatic rings. The predicted molar refractivity (Wildman–Crippen MR) is 75.6 cm³/mol. The van der Waals surface area contributed by atoms with Crippen LogP contribution in [0.1, 0.15) is 0 Å². The standard InChI is InChI=1S/C14H12ClN3/c1-18-8-12(13-4-3-10(16)7-17-13)11-6-9(15)2-5-14(11)18/h2-8H,16H2,1H3. The van der Waals surface area contributed by atoms with Gasteiger partial charge in [0.05, 0.1) is 17.6 Å². The Balaban J connectivity index is 2.28. The quantitative estimate of drug-likeness (QED) is 0.725. The number of nitrogens with zero attached hydrogens (tertiary/aromatic N) is 2. The zero-order valence-electron chi connectivity index (χ0n) is 9.89. The third-order valence-corrected chi connectivity index (χ3v) is 3.25. The van der Waals surface area contributed by atoms with Crippen LogP contribution in [-0.2, 0) is 7.05 Å². The summed E-state index contributed by atoms with van der Waals surface area (Å²) in [6.07, 6.45) is 3.72. The Kier molecular flexibility index (Phi) is 2.49. The van der Waals surface area contributed by atoms with Crippen molar-refractivity contribution in [3.63, 3.8) is 0 Å². The van der Waals surface area contributed by atoms with E-state index in [2.05, 4.69) is 15.7 Å². The van der Waals surface area contributed by atoms with E-state index in [4.69, 9.17) is 17.3 Å². The molecule has 0 atom stereocenters. The van der Waals surface area contributed by atoms with Crippen molar-refractivity contribution in [2.24, 2.45) is 7.05 Å². The molecule has 0 saturated carbocycles. The molecule has 0 radical (unpaired) electrons. The normalized spacial score (nSPS) is 11.0. The number of pyridine rings is 1. The molecule has 0 spiro atoms. The van der Waals surface area contributed by atoms with E-state index in [0.717, 1.165) is 27.2 Å². The van der Waals surface area contributed by atoms with E-state index in [1.165, 1.54) is 0 Å². The molecule has 0 amide bonds. The van der Waals surface area contributed by atoms with E-state index in [1.807, 2.05) is 37.4 Å². The summed E-state index contributed by atoms with van der Waals surface area (Å²) < 4.78 is 2.07. The van der Waals surface area contributed by atoms with Gasteiger partial charge in [-0.1, -0.05) is 11.6 Å². The number of benzene rings is 1. The van der Waals surface area contributed by atoms with E-state index in [-0.39, 0.29) is 0 Å². The average Bonchev–Trinajstić information content (AvgIpc) is 2.67. The highest BCUT2D eigenvalue weighted by atomic mass is 35.5. The van der Waals surface area contributed by atoms with Gasteiger partial charge in [-0.05, 0) is 30.3 Å². The fraction of sp³-hybridized carbons (Fsp3) is 0.0714. The predicted octanol–water partition coefficient (Wildman–Crippen LogP) is 3.48. The lowest BCUT2D eigenvalue weighted by atomic mass is 10.1. The number of halogens is 1. The molecule has 0 aliphatic heterocycles. The number of anilines is 1. The minimum absolute atomic E-state index is 0.664. The molecule has 0 fully saturated rings. The van der Waals surface area contributed by atoms with Gasteiger partial charge in [-0.2, -0.15) is 0 Å². The van der Waals surface area contributed by atoms with Gasteiger partial charge >= 0.3 is 0 Å². The number of rotatable bonds is 1. The monoisotopic (exact) mass is 257 g/mol. The van der Waals surface area contributed by atoms with Gasteiger partial charge in [-0.15, -0.1) is 0 Å². The molecule has 3 rings (SSSR count). The molecule has 1 aromatic carbocycles. The van der Waals surface area contributed by atoms with Crippen LogP contribution in [0.3, 0.4) is 0 Å². The van der Waals surface area contributed by atoms with E-state index < -0.39 is 0 Å². The summed E-state index contributed by atoms with van der Waals surface area (Å²) in [4.78, 5) is 4.36. The maximum atomic E-state index is 6.06. The van der Waals surface area contributed by atoms with Gasteiger partial charge in [0.15, 0.2) is 0 Å². The Morgan fingerprint density at radius 3 is 2.78 bits per heavy atom. The maximum absolute atomic E-state index is 6.06. The largest absolute Gasteiger partial charge is 0.397 e. The molecule has 3 nitrogen and oxygen atoms in total. The first-order chi connectivity index (χ1) is 8.65. The van der Waals surface area contributed by atoms with Crippen molar-refractivity contribution < 1.29 is 0 Å². The molecule has 0 aliphatic rings. The number of aryl methyl sites for hydroxylation is 1. The van der Waals surface area contributed by atoms with Crippen LogP contribution < -0.4 is 5.73 Å². The minimum Gasteiger partial charge on any atom is -0.397 e. The molecule has 0 bridgehead atoms. The molecular weight excluding hydrogens is 246 g/mol. The number of fused-ring (bicyclic) bond motifs is 1. The van der Waals surface area contributed by atoms with Gasteiger partial charge in [0.2, 0.25) is 0 Å². The summed E-state index contributed by atoms with van der Waals surface area (Å²) in [6.45, 7) is 0. The first-order valence-electron chi connectivity index (χ1n) is 5.61. The molecule has 2 heterocycles. The molecule has 18 heavy (non-hydrogen) atoms. The summed E-state index contributed by atoms with van der Waals surface area (Å²) in [5.74, 6) is 0. The topological polar surface area (TPSA) is 43.8 Å². The maximum Gasteiger partial charge on any atom is 0.0725 e. The zero-order chi connectivity index (χ0) is 12.7. The van der Waals surface area contributed by atoms with Gasteiger partial charge in [0.1, 0.15) is 0 Å². The van der Waals surface area contributed by atoms with Crippen molar-refractivity contribution in [3.8, 4) is 11.3 Å². The third kappa shape index (κ3) is 1.73. The lowest BCUT2D eigenvalue weighted by Gasteiger charge is -1.99. The van der Waals surface area contributed by atoms with E-state index in [9.17, 15) is 0 Å². The second-order valence-electron chi connectivity index (χ2n) is 4.29. The van der Waals surface area contributed by atoms with Gasteiger partial charge in [0.25, 0.3) is 0 Å². The van der Waals surface area contributed by atoms with Crippen LogP contribution in [0.15, 0.2) is 42.7 Å². The van der Waals surface area contributed by atoms with Crippen LogP contribution >= 0.6 is 11.6 Å². The van der Waals surface area contributed by atoms with E-state index in [0.29, 0.717) is 5.69 Å². The smallest absolute Gasteiger partial charge is 0.0725 e. The summed E-state index contributed by atoms with van der Waals surface area (Å²) in [6, 6.07) is 9.64. The average molecular weight is 258 g/mol. The fourth-order valence-electron chi connectivity index (χ4n) is 2.13. The molecule has 0 saturated heterocycles. The second kappa shape index (κ2) is 4.03. The Hall–Kier alpha value is -2.00. The van der Waals surface area contributed by atoms with Gasteiger partial charge < -0.3 is 10.3 Å². The zero-order valence-corrected chi connectivity index (χ0v) is 10.6. The van der Waals surface area contributed by atoms with Gasteiger partial charge in [-0.3, -0.25) is 4.98 Å². The molecule has 0 aliphatic carbocycles. The fourth-order valence-corrected chi connectivity index (χ4v) is 2.31. The van der Waals surface area contributed by atoms with Crippen LogP contribution in [0.4, 0.5) is 5.69 Å². The first-order valence-corrected chi connectivity index (χ1v) is 5.99. The summed E-state index contributed by atoms with van der Waals surface area (Å²) in [7, 11) is 2.01. The van der Waals surface area contributed by atoms with Crippen molar-refractivity contribution in [1.29, 1.82) is 0 Å². The highest BCUT2D eigenvalue weighted by Crippen LogP contribution is 2.31. The third-order valence-electron chi connectivity index (χ3n) is 3.01. The Labute approximate surface area is 110 Å². The highest BCUT2D eigenvalue weighted by molar-refractivity contribution is 6.31. The van der Waals surface area contributed by atoms with Crippen LogP contribution in [0.5, 0.6) is 0 Å². The number of aromatic nitrogens is 2. The first kappa shape index (κ1) is 11.1. The Morgan fingerprint density at radius 1 is 1.22 bits per heavy atom. The van der Waals surface area contributed by atoms with Gasteiger partial charge in [-0.25, -0.2) is 0 Å². The van der Waals surface area contributed by atoms with Crippen molar-refractivity contribution in [3.05, 3.63) is 47.7 Å². The van der Waals surface area contributed by atoms with Crippen LogP contribution in [0.25, 0.3) is 22.2 Å². The molecule has 2 aromatic heterocycles.